The molecular weight excluding hydrogens is 228 g/mol. The van der Waals surface area contributed by atoms with Gasteiger partial charge >= 0.3 is 0 Å². The lowest BCUT2D eigenvalue weighted by atomic mass is 10.1. The predicted octanol–water partition coefficient (Wildman–Crippen LogP) is 3.07. The van der Waals surface area contributed by atoms with Gasteiger partial charge in [-0.3, -0.25) is 0 Å². The van der Waals surface area contributed by atoms with Gasteiger partial charge in [0.2, 0.25) is 16.3 Å². The molecule has 1 aliphatic rings. The summed E-state index contributed by atoms with van der Waals surface area (Å²) in [4.78, 5) is 2.96. The molecule has 0 nitrogen and oxygen atoms in total. The Hall–Kier alpha value is -0.120. The van der Waals surface area contributed by atoms with Gasteiger partial charge in [0.15, 0.2) is 5.37 Å². The molecule has 0 aromatic carbocycles. The molecule has 0 aliphatic carbocycles. The van der Waals surface area contributed by atoms with Gasteiger partial charge in [-0.25, -0.2) is 0 Å². The van der Waals surface area contributed by atoms with Gasteiger partial charge in [0.25, 0.3) is 0 Å². The van der Waals surface area contributed by atoms with Crippen molar-refractivity contribution in [2.24, 2.45) is 0 Å². The third-order valence-corrected chi connectivity index (χ3v) is 4.78. The highest BCUT2D eigenvalue weighted by molar-refractivity contribution is 7.82. The lowest BCUT2D eigenvalue weighted by Gasteiger charge is -1.96. The SMILES string of the molecule is Cc1sccc1CC1=C(CS)CC=[S+]1. The molecule has 2 heterocycles. The largest absolute Gasteiger partial charge is 0.212 e. The molecule has 0 fully saturated rings. The first-order valence-corrected chi connectivity index (χ1v) is 7.03. The molecule has 0 bridgehead atoms. The fourth-order valence-electron chi connectivity index (χ4n) is 1.53. The topological polar surface area (TPSA) is 0 Å². The van der Waals surface area contributed by atoms with E-state index in [4.69, 9.17) is 0 Å². The van der Waals surface area contributed by atoms with Gasteiger partial charge in [-0.1, -0.05) is 0 Å². The molecule has 0 atom stereocenters. The predicted molar refractivity (Wildman–Crippen MR) is 71.7 cm³/mol. The number of thiophene rings is 1. The fourth-order valence-corrected chi connectivity index (χ4v) is 3.73. The maximum atomic E-state index is 4.36. The van der Waals surface area contributed by atoms with Crippen molar-refractivity contribution < 1.29 is 0 Å². The number of thiol groups is 1. The molecule has 0 unspecified atom stereocenters. The summed E-state index contributed by atoms with van der Waals surface area (Å²) in [5.74, 6) is 0.905. The Bertz CT molecular complexity index is 385. The standard InChI is InChI=1S/C11H12S3/c1-8-9(2-4-13-8)6-11-10(7-12)3-5-14-11/h2,4-5H,3,6-7H2,1H3/p+1. The van der Waals surface area contributed by atoms with Crippen LogP contribution in [0.15, 0.2) is 21.9 Å². The summed E-state index contributed by atoms with van der Waals surface area (Å²) < 4.78 is 0. The Morgan fingerprint density at radius 2 is 2.43 bits per heavy atom. The molecule has 1 aromatic rings. The second-order valence-electron chi connectivity index (χ2n) is 3.35. The normalized spacial score (nSPS) is 15.6. The summed E-state index contributed by atoms with van der Waals surface area (Å²) in [6, 6.07) is 2.24. The Morgan fingerprint density at radius 3 is 3.07 bits per heavy atom. The summed E-state index contributed by atoms with van der Waals surface area (Å²) >= 11 is 8.09. The smallest absolute Gasteiger partial charge is 0.175 e. The van der Waals surface area contributed by atoms with Crippen LogP contribution >= 0.6 is 24.0 Å². The first kappa shape index (κ1) is 10.4. The van der Waals surface area contributed by atoms with Gasteiger partial charge in [0, 0.05) is 22.6 Å². The Morgan fingerprint density at radius 1 is 1.57 bits per heavy atom. The molecule has 14 heavy (non-hydrogen) atoms. The molecule has 1 aliphatic heterocycles. The van der Waals surface area contributed by atoms with E-state index >= 15 is 0 Å². The highest BCUT2D eigenvalue weighted by Gasteiger charge is 2.21. The van der Waals surface area contributed by atoms with Crippen LogP contribution in [0.1, 0.15) is 16.9 Å². The Balaban J connectivity index is 2.18. The van der Waals surface area contributed by atoms with E-state index in [-0.39, 0.29) is 0 Å². The number of hydrogen-bond donors (Lipinski definition) is 1. The molecule has 0 spiro atoms. The van der Waals surface area contributed by atoms with Gasteiger partial charge in [0.1, 0.15) is 0 Å². The molecule has 0 N–H and O–H groups in total. The molecule has 1 aromatic heterocycles. The van der Waals surface area contributed by atoms with Crippen LogP contribution in [-0.4, -0.2) is 11.1 Å². The van der Waals surface area contributed by atoms with Crippen LogP contribution in [0.2, 0.25) is 0 Å². The van der Waals surface area contributed by atoms with E-state index in [1.807, 2.05) is 22.7 Å². The molecule has 0 saturated carbocycles. The number of rotatable bonds is 3. The maximum Gasteiger partial charge on any atom is 0.212 e. The lowest BCUT2D eigenvalue weighted by molar-refractivity contribution is 1.17. The second kappa shape index (κ2) is 4.60. The summed E-state index contributed by atoms with van der Waals surface area (Å²) in [7, 11) is 0. The lowest BCUT2D eigenvalue weighted by Crippen LogP contribution is -1.92. The van der Waals surface area contributed by atoms with E-state index in [1.54, 1.807) is 0 Å². The quantitative estimate of drug-likeness (QED) is 0.469. The zero-order valence-corrected chi connectivity index (χ0v) is 10.6. The van der Waals surface area contributed by atoms with Crippen LogP contribution in [0.4, 0.5) is 0 Å². The van der Waals surface area contributed by atoms with Gasteiger partial charge in [-0.2, -0.15) is 12.6 Å². The Labute approximate surface area is 98.4 Å². The molecule has 0 saturated heterocycles. The number of hydrogen-bond acceptors (Lipinski definition) is 2. The average molecular weight is 241 g/mol. The molecule has 2 rings (SSSR count). The summed E-state index contributed by atoms with van der Waals surface area (Å²) in [5.41, 5.74) is 2.98. The first-order chi connectivity index (χ1) is 6.81. The highest BCUT2D eigenvalue weighted by Crippen LogP contribution is 2.23. The van der Waals surface area contributed by atoms with E-state index < -0.39 is 0 Å². The van der Waals surface area contributed by atoms with Crippen molar-refractivity contribution in [3.8, 4) is 0 Å². The number of aryl methyl sites for hydroxylation is 1. The zero-order chi connectivity index (χ0) is 9.97. The first-order valence-electron chi connectivity index (χ1n) is 4.64. The second-order valence-corrected chi connectivity index (χ2v) is 5.85. The highest BCUT2D eigenvalue weighted by atomic mass is 32.1. The van der Waals surface area contributed by atoms with Crippen molar-refractivity contribution in [2.75, 3.05) is 5.75 Å². The summed E-state index contributed by atoms with van der Waals surface area (Å²) in [6.45, 7) is 2.20. The minimum absolute atomic E-state index is 0.905. The van der Waals surface area contributed by atoms with Gasteiger partial charge in [0.05, 0.1) is 6.42 Å². The van der Waals surface area contributed by atoms with E-state index in [9.17, 15) is 0 Å². The summed E-state index contributed by atoms with van der Waals surface area (Å²) in [5, 5.41) is 4.46. The van der Waals surface area contributed by atoms with Crippen molar-refractivity contribution in [1.29, 1.82) is 0 Å². The van der Waals surface area contributed by atoms with Crippen LogP contribution < -0.4 is 0 Å². The van der Waals surface area contributed by atoms with Crippen molar-refractivity contribution in [3.63, 3.8) is 0 Å². The minimum atomic E-state index is 0.905. The van der Waals surface area contributed by atoms with Crippen molar-refractivity contribution in [2.45, 2.75) is 19.8 Å². The molecular formula is C11H13S3+. The average Bonchev–Trinajstić information content (AvgIpc) is 2.77. The number of allylic oxidation sites excluding steroid dienone is 1. The van der Waals surface area contributed by atoms with Crippen LogP contribution in [0.5, 0.6) is 0 Å². The van der Waals surface area contributed by atoms with E-state index in [1.165, 1.54) is 20.9 Å². The van der Waals surface area contributed by atoms with E-state index in [2.05, 4.69) is 36.4 Å². The molecule has 74 valence electrons. The maximum absolute atomic E-state index is 4.36. The molecule has 3 heteroatoms. The van der Waals surface area contributed by atoms with Gasteiger partial charge in [-0.05, 0) is 23.9 Å². The summed E-state index contributed by atoms with van der Waals surface area (Å²) in [6.07, 6.45) is 2.22. The third-order valence-electron chi connectivity index (χ3n) is 2.46. The van der Waals surface area contributed by atoms with Crippen LogP contribution in [0.25, 0.3) is 0 Å². The van der Waals surface area contributed by atoms with Crippen molar-refractivity contribution >= 4 is 40.7 Å². The van der Waals surface area contributed by atoms with Crippen molar-refractivity contribution in [1.82, 2.24) is 0 Å². The fraction of sp³-hybridized carbons (Fsp3) is 0.364. The minimum Gasteiger partial charge on any atom is -0.175 e. The van der Waals surface area contributed by atoms with Gasteiger partial charge in [-0.15, -0.1) is 11.3 Å². The molecule has 0 amide bonds. The molecule has 0 radical (unpaired) electrons. The van der Waals surface area contributed by atoms with Crippen LogP contribution in [-0.2, 0) is 17.8 Å². The van der Waals surface area contributed by atoms with Gasteiger partial charge < -0.3 is 0 Å². The Kier molecular flexibility index (Phi) is 3.42. The zero-order valence-electron chi connectivity index (χ0n) is 8.12. The third kappa shape index (κ3) is 2.10. The van der Waals surface area contributed by atoms with E-state index in [0.29, 0.717) is 0 Å². The van der Waals surface area contributed by atoms with E-state index in [0.717, 1.165) is 18.6 Å². The van der Waals surface area contributed by atoms with Crippen LogP contribution in [0, 0.1) is 6.92 Å². The van der Waals surface area contributed by atoms with Crippen LogP contribution in [0.3, 0.4) is 0 Å². The van der Waals surface area contributed by atoms with Crippen molar-refractivity contribution in [3.05, 3.63) is 32.4 Å². The monoisotopic (exact) mass is 241 g/mol.